The number of nitrogens with zero attached hydrogens (tertiary/aromatic N) is 2. The minimum absolute atomic E-state index is 0.178. The molecular weight excluding hydrogens is 310 g/mol. The second-order valence-corrected chi connectivity index (χ2v) is 6.78. The van der Waals surface area contributed by atoms with E-state index in [0.29, 0.717) is 23.2 Å². The Hall–Kier alpha value is -2.36. The Kier molecular flexibility index (Phi) is 5.37. The van der Waals surface area contributed by atoms with Gasteiger partial charge < -0.3 is 10.5 Å². The summed E-state index contributed by atoms with van der Waals surface area (Å²) in [5, 5.41) is 0. The van der Waals surface area contributed by atoms with Gasteiger partial charge in [-0.25, -0.2) is 9.98 Å². The van der Waals surface area contributed by atoms with Gasteiger partial charge in [-0.2, -0.15) is 0 Å². The molecule has 1 aliphatic heterocycles. The van der Waals surface area contributed by atoms with E-state index in [1.54, 1.807) is 6.21 Å². The highest BCUT2D eigenvalue weighted by atomic mass is 16.5. The minimum atomic E-state index is -0.178. The van der Waals surface area contributed by atoms with Gasteiger partial charge in [0.25, 0.3) is 0 Å². The lowest BCUT2D eigenvalue weighted by Crippen LogP contribution is -2.27. The Labute approximate surface area is 150 Å². The first-order valence-electron chi connectivity index (χ1n) is 9.13. The number of rotatable bonds is 4. The van der Waals surface area contributed by atoms with Gasteiger partial charge in [-0.3, -0.25) is 0 Å². The average molecular weight is 337 g/mol. The molecule has 132 valence electrons. The molecular formula is C21H27N3O. The highest BCUT2D eigenvalue weighted by Crippen LogP contribution is 2.33. The summed E-state index contributed by atoms with van der Waals surface area (Å²) in [6, 6.07) is 8.77. The Bertz CT molecular complexity index is 722. The van der Waals surface area contributed by atoms with Gasteiger partial charge in [0, 0.05) is 6.21 Å². The van der Waals surface area contributed by atoms with Crippen molar-refractivity contribution in [3.63, 3.8) is 0 Å². The SMILES string of the molecule is C=C(N)C1=C(N=CC)OC(C)C(c2ccc(C3CCCCC3)cc2)=N1. The molecule has 0 amide bonds. The topological polar surface area (TPSA) is 60.0 Å². The summed E-state index contributed by atoms with van der Waals surface area (Å²) in [5.74, 6) is 1.14. The zero-order chi connectivity index (χ0) is 17.8. The standard InChI is InChI=1S/C21H27N3O/c1-4-23-21-19(14(2)22)24-20(15(3)25-21)18-12-10-17(11-13-18)16-8-6-5-7-9-16/h4,10-13,15-16H,2,5-9,22H2,1,3H3. The Morgan fingerprint density at radius 2 is 1.92 bits per heavy atom. The molecule has 1 fully saturated rings. The van der Waals surface area contributed by atoms with Crippen LogP contribution >= 0.6 is 0 Å². The zero-order valence-corrected chi connectivity index (χ0v) is 15.2. The van der Waals surface area contributed by atoms with Gasteiger partial charge >= 0.3 is 0 Å². The average Bonchev–Trinajstić information content (AvgIpc) is 2.63. The fraction of sp³-hybridized carbons (Fsp3) is 0.429. The molecule has 1 aromatic rings. The third-order valence-corrected chi connectivity index (χ3v) is 4.94. The number of hydrogen-bond acceptors (Lipinski definition) is 4. The molecule has 1 atom stereocenters. The highest BCUT2D eigenvalue weighted by molar-refractivity contribution is 6.05. The Balaban J connectivity index is 1.89. The van der Waals surface area contributed by atoms with Crippen molar-refractivity contribution in [2.45, 2.75) is 58.0 Å². The van der Waals surface area contributed by atoms with E-state index in [9.17, 15) is 0 Å². The number of nitrogens with two attached hydrogens (primary N) is 1. The highest BCUT2D eigenvalue weighted by Gasteiger charge is 2.25. The molecule has 0 saturated heterocycles. The second-order valence-electron chi connectivity index (χ2n) is 6.78. The summed E-state index contributed by atoms with van der Waals surface area (Å²) in [7, 11) is 0. The number of benzene rings is 1. The first-order valence-corrected chi connectivity index (χ1v) is 9.13. The van der Waals surface area contributed by atoms with Crippen molar-refractivity contribution in [1.29, 1.82) is 0 Å². The summed E-state index contributed by atoms with van der Waals surface area (Å²) in [6.45, 7) is 7.61. The van der Waals surface area contributed by atoms with Crippen molar-refractivity contribution in [3.05, 3.63) is 59.2 Å². The molecule has 0 spiro atoms. The lowest BCUT2D eigenvalue weighted by Gasteiger charge is -2.25. The van der Waals surface area contributed by atoms with Gasteiger partial charge in [0.1, 0.15) is 11.8 Å². The van der Waals surface area contributed by atoms with Gasteiger partial charge in [0.15, 0.2) is 0 Å². The van der Waals surface area contributed by atoms with Crippen LogP contribution in [-0.2, 0) is 4.74 Å². The fourth-order valence-electron chi connectivity index (χ4n) is 3.62. The van der Waals surface area contributed by atoms with Gasteiger partial charge in [-0.15, -0.1) is 0 Å². The lowest BCUT2D eigenvalue weighted by molar-refractivity contribution is 0.175. The maximum atomic E-state index is 5.92. The van der Waals surface area contributed by atoms with Gasteiger partial charge in [0.2, 0.25) is 5.88 Å². The second kappa shape index (κ2) is 7.68. The van der Waals surface area contributed by atoms with E-state index in [4.69, 9.17) is 15.5 Å². The van der Waals surface area contributed by atoms with Crippen molar-refractivity contribution in [2.75, 3.05) is 0 Å². The molecule has 1 aliphatic carbocycles. The van der Waals surface area contributed by atoms with E-state index in [2.05, 4.69) is 35.8 Å². The molecule has 1 aromatic carbocycles. The van der Waals surface area contributed by atoms with Crippen LogP contribution in [-0.4, -0.2) is 18.0 Å². The van der Waals surface area contributed by atoms with E-state index in [1.165, 1.54) is 37.7 Å². The zero-order valence-electron chi connectivity index (χ0n) is 15.2. The number of hydrogen-bond donors (Lipinski definition) is 1. The molecule has 1 unspecified atom stereocenters. The van der Waals surface area contributed by atoms with Gasteiger partial charge in [-0.1, -0.05) is 50.1 Å². The maximum Gasteiger partial charge on any atom is 0.242 e. The molecule has 0 bridgehead atoms. The van der Waals surface area contributed by atoms with Crippen molar-refractivity contribution in [2.24, 2.45) is 15.7 Å². The van der Waals surface area contributed by atoms with Crippen LogP contribution in [0.2, 0.25) is 0 Å². The predicted molar refractivity (Wildman–Crippen MR) is 104 cm³/mol. The van der Waals surface area contributed by atoms with Crippen molar-refractivity contribution in [1.82, 2.24) is 0 Å². The van der Waals surface area contributed by atoms with Crippen molar-refractivity contribution in [3.8, 4) is 0 Å². The minimum Gasteiger partial charge on any atom is -0.467 e. The Morgan fingerprint density at radius 3 is 2.52 bits per heavy atom. The smallest absolute Gasteiger partial charge is 0.242 e. The summed E-state index contributed by atoms with van der Waals surface area (Å²) in [5.41, 5.74) is 10.1. The molecule has 2 N–H and O–H groups in total. The molecule has 0 radical (unpaired) electrons. The van der Waals surface area contributed by atoms with Crippen LogP contribution < -0.4 is 5.73 Å². The molecule has 25 heavy (non-hydrogen) atoms. The summed E-state index contributed by atoms with van der Waals surface area (Å²) in [4.78, 5) is 8.93. The fourth-order valence-corrected chi connectivity index (χ4v) is 3.62. The van der Waals surface area contributed by atoms with Crippen molar-refractivity contribution >= 4 is 11.9 Å². The molecule has 2 aliphatic rings. The van der Waals surface area contributed by atoms with Crippen LogP contribution in [0.4, 0.5) is 0 Å². The van der Waals surface area contributed by atoms with E-state index < -0.39 is 0 Å². The van der Waals surface area contributed by atoms with Gasteiger partial charge in [0.05, 0.1) is 11.4 Å². The van der Waals surface area contributed by atoms with Crippen LogP contribution in [0.3, 0.4) is 0 Å². The van der Waals surface area contributed by atoms with Gasteiger partial charge in [-0.05, 0) is 43.7 Å². The van der Waals surface area contributed by atoms with E-state index in [1.807, 2.05) is 13.8 Å². The third kappa shape index (κ3) is 3.84. The lowest BCUT2D eigenvalue weighted by atomic mass is 9.83. The van der Waals surface area contributed by atoms with Crippen LogP contribution in [0.25, 0.3) is 0 Å². The van der Waals surface area contributed by atoms with E-state index in [0.717, 1.165) is 11.3 Å². The molecule has 4 nitrogen and oxygen atoms in total. The normalized spacial score (nSPS) is 22.0. The quantitative estimate of drug-likeness (QED) is 0.811. The van der Waals surface area contributed by atoms with Crippen molar-refractivity contribution < 1.29 is 4.74 Å². The van der Waals surface area contributed by atoms with E-state index in [-0.39, 0.29) is 6.10 Å². The monoisotopic (exact) mass is 337 g/mol. The largest absolute Gasteiger partial charge is 0.467 e. The van der Waals surface area contributed by atoms with Crippen LogP contribution in [0.1, 0.15) is 63.0 Å². The van der Waals surface area contributed by atoms with Crippen LogP contribution in [0, 0.1) is 0 Å². The molecule has 1 saturated carbocycles. The molecule has 1 heterocycles. The van der Waals surface area contributed by atoms with Crippen LogP contribution in [0.5, 0.6) is 0 Å². The molecule has 4 heteroatoms. The Morgan fingerprint density at radius 1 is 1.24 bits per heavy atom. The molecule has 0 aromatic heterocycles. The summed E-state index contributed by atoms with van der Waals surface area (Å²) < 4.78 is 5.92. The first-order chi connectivity index (χ1) is 12.1. The predicted octanol–water partition coefficient (Wildman–Crippen LogP) is 4.67. The third-order valence-electron chi connectivity index (χ3n) is 4.94. The van der Waals surface area contributed by atoms with E-state index >= 15 is 0 Å². The maximum absolute atomic E-state index is 5.92. The summed E-state index contributed by atoms with van der Waals surface area (Å²) in [6.07, 6.45) is 8.17. The number of aliphatic imine (C=N–C) groups is 2. The number of ether oxygens (including phenoxy) is 1. The first kappa shape index (κ1) is 17.5. The molecule has 3 rings (SSSR count). The van der Waals surface area contributed by atoms with Crippen LogP contribution in [0.15, 0.2) is 58.1 Å². The summed E-state index contributed by atoms with van der Waals surface area (Å²) >= 11 is 0.